The summed E-state index contributed by atoms with van der Waals surface area (Å²) in [4.78, 5) is 0. The quantitative estimate of drug-likeness (QED) is 0.700. The Morgan fingerprint density at radius 2 is 1.82 bits per heavy atom. The van der Waals surface area contributed by atoms with Crippen LogP contribution in [0.25, 0.3) is 0 Å². The third kappa shape index (κ3) is 2.37. The molecule has 0 saturated heterocycles. The first-order valence-corrected chi connectivity index (χ1v) is 5.74. The molecular formula is C16H15N. The van der Waals surface area contributed by atoms with Crippen LogP contribution < -0.4 is 0 Å². The third-order valence-electron chi connectivity index (χ3n) is 3.00. The third-order valence-corrected chi connectivity index (χ3v) is 3.00. The first-order chi connectivity index (χ1) is 8.22. The van der Waals surface area contributed by atoms with Crippen molar-refractivity contribution in [2.75, 3.05) is 0 Å². The number of nitriles is 1. The Morgan fingerprint density at radius 3 is 2.41 bits per heavy atom. The van der Waals surface area contributed by atoms with E-state index in [1.54, 1.807) is 0 Å². The number of benzene rings is 1. The Labute approximate surface area is 102 Å². The van der Waals surface area contributed by atoms with Crippen LogP contribution in [-0.2, 0) is 0 Å². The van der Waals surface area contributed by atoms with Crippen molar-refractivity contribution < 1.29 is 0 Å². The molecule has 1 aromatic rings. The van der Waals surface area contributed by atoms with E-state index in [1.165, 1.54) is 16.7 Å². The molecule has 0 radical (unpaired) electrons. The van der Waals surface area contributed by atoms with Crippen LogP contribution in [0.5, 0.6) is 0 Å². The minimum absolute atomic E-state index is 0.317. The van der Waals surface area contributed by atoms with E-state index in [0.29, 0.717) is 11.5 Å². The van der Waals surface area contributed by atoms with E-state index >= 15 is 0 Å². The van der Waals surface area contributed by atoms with Gasteiger partial charge in [-0.05, 0) is 37.1 Å². The van der Waals surface area contributed by atoms with E-state index in [2.05, 4.69) is 44.2 Å². The molecule has 0 aromatic heterocycles. The Bertz CT molecular complexity index is 532. The van der Waals surface area contributed by atoms with E-state index in [1.807, 2.05) is 24.3 Å². The van der Waals surface area contributed by atoms with Gasteiger partial charge in [0.05, 0.1) is 11.6 Å². The van der Waals surface area contributed by atoms with Crippen molar-refractivity contribution in [1.82, 2.24) is 0 Å². The molecule has 84 valence electrons. The first kappa shape index (κ1) is 11.4. The van der Waals surface area contributed by atoms with Crippen LogP contribution in [0.4, 0.5) is 0 Å². The zero-order valence-electron chi connectivity index (χ0n) is 10.1. The van der Waals surface area contributed by atoms with E-state index in [4.69, 9.17) is 5.26 Å². The van der Waals surface area contributed by atoms with Gasteiger partial charge < -0.3 is 0 Å². The second-order valence-corrected chi connectivity index (χ2v) is 4.41. The molecule has 1 aliphatic carbocycles. The lowest BCUT2D eigenvalue weighted by molar-refractivity contribution is 0.987. The summed E-state index contributed by atoms with van der Waals surface area (Å²) in [6.45, 7) is 4.27. The van der Waals surface area contributed by atoms with Crippen LogP contribution in [0.2, 0.25) is 0 Å². The molecule has 1 unspecified atom stereocenters. The molecule has 1 heteroatoms. The Kier molecular flexibility index (Phi) is 3.25. The molecule has 17 heavy (non-hydrogen) atoms. The number of hydrogen-bond donors (Lipinski definition) is 0. The van der Waals surface area contributed by atoms with Gasteiger partial charge in [0, 0.05) is 5.92 Å². The van der Waals surface area contributed by atoms with Crippen molar-refractivity contribution in [1.29, 1.82) is 5.26 Å². The molecule has 0 amide bonds. The van der Waals surface area contributed by atoms with Crippen molar-refractivity contribution in [3.05, 3.63) is 70.8 Å². The summed E-state index contributed by atoms with van der Waals surface area (Å²) in [5.74, 6) is 0.317. The van der Waals surface area contributed by atoms with Gasteiger partial charge in [-0.2, -0.15) is 5.26 Å². The molecule has 0 spiro atoms. The average molecular weight is 221 g/mol. The van der Waals surface area contributed by atoms with Gasteiger partial charge in [-0.15, -0.1) is 0 Å². The summed E-state index contributed by atoms with van der Waals surface area (Å²) in [5.41, 5.74) is 4.63. The maximum absolute atomic E-state index is 8.79. The monoisotopic (exact) mass is 221 g/mol. The highest BCUT2D eigenvalue weighted by Crippen LogP contribution is 2.31. The minimum Gasteiger partial charge on any atom is -0.192 e. The lowest BCUT2D eigenvalue weighted by Gasteiger charge is -2.19. The summed E-state index contributed by atoms with van der Waals surface area (Å²) in [6, 6.07) is 9.98. The van der Waals surface area contributed by atoms with Crippen LogP contribution in [-0.4, -0.2) is 0 Å². The molecule has 1 aromatic carbocycles. The van der Waals surface area contributed by atoms with Crippen molar-refractivity contribution in [3.63, 3.8) is 0 Å². The lowest BCUT2D eigenvalue weighted by Crippen LogP contribution is -2.02. The molecule has 0 fully saturated rings. The summed E-state index contributed by atoms with van der Waals surface area (Å²) >= 11 is 0. The number of rotatable bonds is 1. The topological polar surface area (TPSA) is 23.8 Å². The van der Waals surface area contributed by atoms with Crippen LogP contribution in [0.1, 0.15) is 30.9 Å². The van der Waals surface area contributed by atoms with Gasteiger partial charge in [0.1, 0.15) is 0 Å². The summed E-state index contributed by atoms with van der Waals surface area (Å²) in [7, 11) is 0. The Balaban J connectivity index is 2.39. The molecule has 2 rings (SSSR count). The van der Waals surface area contributed by atoms with Crippen LogP contribution in [0, 0.1) is 11.3 Å². The number of allylic oxidation sites excluding steroid dienone is 6. The highest BCUT2D eigenvalue weighted by Gasteiger charge is 2.14. The van der Waals surface area contributed by atoms with E-state index < -0.39 is 0 Å². The van der Waals surface area contributed by atoms with Crippen LogP contribution >= 0.6 is 0 Å². The molecular weight excluding hydrogens is 206 g/mol. The SMILES string of the molecule is CC(C)=C1C=CC=CC1c1ccc(C#N)cc1. The molecule has 0 N–H and O–H groups in total. The summed E-state index contributed by atoms with van der Waals surface area (Å²) in [5, 5.41) is 8.79. The zero-order valence-corrected chi connectivity index (χ0v) is 10.1. The van der Waals surface area contributed by atoms with E-state index in [9.17, 15) is 0 Å². The summed E-state index contributed by atoms with van der Waals surface area (Å²) in [6.07, 6.45) is 8.51. The highest BCUT2D eigenvalue weighted by atomic mass is 14.2. The fraction of sp³-hybridized carbons (Fsp3) is 0.188. The molecule has 1 aliphatic rings. The van der Waals surface area contributed by atoms with Gasteiger partial charge in [0.25, 0.3) is 0 Å². The Hall–Kier alpha value is -2.07. The summed E-state index contributed by atoms with van der Waals surface area (Å²) < 4.78 is 0. The van der Waals surface area contributed by atoms with Gasteiger partial charge in [0.2, 0.25) is 0 Å². The maximum Gasteiger partial charge on any atom is 0.0991 e. The zero-order chi connectivity index (χ0) is 12.3. The Morgan fingerprint density at radius 1 is 1.12 bits per heavy atom. The van der Waals surface area contributed by atoms with Gasteiger partial charge in [-0.25, -0.2) is 0 Å². The molecule has 0 heterocycles. The van der Waals surface area contributed by atoms with E-state index in [-0.39, 0.29) is 0 Å². The average Bonchev–Trinajstić information content (AvgIpc) is 2.39. The maximum atomic E-state index is 8.79. The van der Waals surface area contributed by atoms with Gasteiger partial charge in [0.15, 0.2) is 0 Å². The first-order valence-electron chi connectivity index (χ1n) is 5.74. The molecule has 0 saturated carbocycles. The van der Waals surface area contributed by atoms with Gasteiger partial charge in [-0.1, -0.05) is 42.0 Å². The molecule has 0 aliphatic heterocycles. The second kappa shape index (κ2) is 4.84. The lowest BCUT2D eigenvalue weighted by atomic mass is 9.85. The molecule has 1 nitrogen and oxygen atoms in total. The van der Waals surface area contributed by atoms with Crippen LogP contribution in [0.15, 0.2) is 59.7 Å². The van der Waals surface area contributed by atoms with Gasteiger partial charge in [-0.3, -0.25) is 0 Å². The smallest absolute Gasteiger partial charge is 0.0991 e. The molecule has 0 bridgehead atoms. The molecule has 1 atom stereocenters. The van der Waals surface area contributed by atoms with Crippen molar-refractivity contribution in [2.45, 2.75) is 19.8 Å². The fourth-order valence-electron chi connectivity index (χ4n) is 2.08. The normalized spacial score (nSPS) is 17.9. The van der Waals surface area contributed by atoms with E-state index in [0.717, 1.165) is 0 Å². The predicted octanol–water partition coefficient (Wildman–Crippen LogP) is 4.10. The fourth-order valence-corrected chi connectivity index (χ4v) is 2.08. The van der Waals surface area contributed by atoms with Crippen LogP contribution in [0.3, 0.4) is 0 Å². The second-order valence-electron chi connectivity index (χ2n) is 4.41. The minimum atomic E-state index is 0.317. The van der Waals surface area contributed by atoms with Crippen molar-refractivity contribution in [3.8, 4) is 6.07 Å². The van der Waals surface area contributed by atoms with Gasteiger partial charge >= 0.3 is 0 Å². The number of nitrogens with zero attached hydrogens (tertiary/aromatic N) is 1. The largest absolute Gasteiger partial charge is 0.192 e. The predicted molar refractivity (Wildman–Crippen MR) is 70.6 cm³/mol. The number of hydrogen-bond acceptors (Lipinski definition) is 1. The standard InChI is InChI=1S/C16H15N/c1-12(2)15-5-3-4-6-16(15)14-9-7-13(11-17)8-10-14/h3-10,16H,1-2H3. The van der Waals surface area contributed by atoms with Crippen molar-refractivity contribution >= 4 is 0 Å². The van der Waals surface area contributed by atoms with Crippen molar-refractivity contribution in [2.24, 2.45) is 0 Å². The highest BCUT2D eigenvalue weighted by molar-refractivity contribution is 5.46.